The van der Waals surface area contributed by atoms with Gasteiger partial charge in [-0.2, -0.15) is 0 Å². The predicted octanol–water partition coefficient (Wildman–Crippen LogP) is 3.37. The Morgan fingerprint density at radius 3 is 2.41 bits per heavy atom. The molecule has 1 aliphatic carbocycles. The third-order valence-electron chi connectivity index (χ3n) is 5.24. The zero-order valence-corrected chi connectivity index (χ0v) is 15.7. The second-order valence-corrected chi connectivity index (χ2v) is 7.98. The molecule has 1 saturated carbocycles. The molecule has 4 nitrogen and oxygen atoms in total. The van der Waals surface area contributed by atoms with Crippen LogP contribution in [-0.4, -0.2) is 47.8 Å². The number of nitrogens with zero attached hydrogens (tertiary/aromatic N) is 2. The molecule has 1 aromatic carbocycles. The molecule has 2 heterocycles. The molecule has 0 spiro atoms. The quantitative estimate of drug-likeness (QED) is 0.759. The van der Waals surface area contributed by atoms with Gasteiger partial charge in [0.1, 0.15) is 5.82 Å². The number of piperazine rings is 1. The summed E-state index contributed by atoms with van der Waals surface area (Å²) in [4.78, 5) is 29.7. The van der Waals surface area contributed by atoms with E-state index >= 15 is 0 Å². The Hall–Kier alpha value is -2.47. The molecule has 1 saturated heterocycles. The number of carbonyl (C=O) groups is 2. The Morgan fingerprint density at radius 1 is 1.04 bits per heavy atom. The minimum atomic E-state index is -0.254. The van der Waals surface area contributed by atoms with Gasteiger partial charge >= 0.3 is 0 Å². The maximum atomic E-state index is 13.0. The van der Waals surface area contributed by atoms with Crippen molar-refractivity contribution in [3.8, 4) is 0 Å². The number of benzene rings is 1. The van der Waals surface area contributed by atoms with Crippen molar-refractivity contribution in [2.45, 2.75) is 12.3 Å². The van der Waals surface area contributed by atoms with E-state index in [9.17, 15) is 14.0 Å². The minimum absolute atomic E-state index is 0.00330. The molecule has 140 valence electrons. The molecule has 2 aliphatic rings. The van der Waals surface area contributed by atoms with Crippen molar-refractivity contribution in [2.75, 3.05) is 26.2 Å². The third-order valence-corrected chi connectivity index (χ3v) is 6.08. The summed E-state index contributed by atoms with van der Waals surface area (Å²) in [6.45, 7) is 2.27. The lowest BCUT2D eigenvalue weighted by Gasteiger charge is -2.34. The maximum Gasteiger partial charge on any atom is 0.246 e. The minimum Gasteiger partial charge on any atom is -0.339 e. The van der Waals surface area contributed by atoms with Crippen molar-refractivity contribution in [3.63, 3.8) is 0 Å². The molecular formula is C21H21FN2O2S. The second-order valence-electron chi connectivity index (χ2n) is 7.00. The van der Waals surface area contributed by atoms with Gasteiger partial charge < -0.3 is 9.80 Å². The molecule has 0 bridgehead atoms. The summed E-state index contributed by atoms with van der Waals surface area (Å²) in [5.41, 5.74) is 1.03. The molecular weight excluding hydrogens is 363 g/mol. The summed E-state index contributed by atoms with van der Waals surface area (Å²) < 4.78 is 13.0. The molecule has 0 N–H and O–H groups in total. The van der Waals surface area contributed by atoms with E-state index in [0.29, 0.717) is 26.2 Å². The topological polar surface area (TPSA) is 40.6 Å². The van der Waals surface area contributed by atoms with Crippen LogP contribution in [0.4, 0.5) is 4.39 Å². The lowest BCUT2D eigenvalue weighted by atomic mass is 10.1. The van der Waals surface area contributed by atoms with Crippen LogP contribution in [0.2, 0.25) is 0 Å². The Bertz CT molecular complexity index is 840. The van der Waals surface area contributed by atoms with E-state index in [1.54, 1.807) is 34.4 Å². The van der Waals surface area contributed by atoms with E-state index in [1.165, 1.54) is 12.1 Å². The van der Waals surface area contributed by atoms with Crippen molar-refractivity contribution in [1.29, 1.82) is 0 Å². The van der Waals surface area contributed by atoms with E-state index < -0.39 is 0 Å². The Morgan fingerprint density at radius 2 is 1.74 bits per heavy atom. The maximum absolute atomic E-state index is 13.0. The van der Waals surface area contributed by atoms with Crippen LogP contribution in [0.15, 0.2) is 47.9 Å². The number of amides is 2. The van der Waals surface area contributed by atoms with Crippen molar-refractivity contribution in [2.24, 2.45) is 5.92 Å². The molecule has 2 amide bonds. The summed E-state index contributed by atoms with van der Waals surface area (Å²) >= 11 is 1.59. The third kappa shape index (κ3) is 4.11. The number of rotatable bonds is 4. The first-order chi connectivity index (χ1) is 13.1. The highest BCUT2D eigenvalue weighted by Crippen LogP contribution is 2.48. The Kier molecular flexibility index (Phi) is 5.07. The van der Waals surface area contributed by atoms with Crippen LogP contribution in [0.1, 0.15) is 22.8 Å². The van der Waals surface area contributed by atoms with E-state index in [2.05, 4.69) is 0 Å². The molecule has 2 atom stereocenters. The van der Waals surface area contributed by atoms with Crippen LogP contribution in [0.5, 0.6) is 0 Å². The van der Waals surface area contributed by atoms with E-state index in [0.717, 1.165) is 16.9 Å². The second kappa shape index (κ2) is 7.64. The summed E-state index contributed by atoms with van der Waals surface area (Å²) in [5, 5.41) is 1.98. The number of carbonyl (C=O) groups excluding carboxylic acids is 2. The monoisotopic (exact) mass is 384 g/mol. The van der Waals surface area contributed by atoms with Crippen LogP contribution >= 0.6 is 11.3 Å². The summed E-state index contributed by atoms with van der Waals surface area (Å²) in [7, 11) is 0. The molecule has 1 aromatic heterocycles. The predicted molar refractivity (Wildman–Crippen MR) is 104 cm³/mol. The summed E-state index contributed by atoms with van der Waals surface area (Å²) in [5.74, 6) is 0.0933. The van der Waals surface area contributed by atoms with Gasteiger partial charge in [-0.25, -0.2) is 4.39 Å². The SMILES string of the molecule is O=C(/C=C/c1cccs1)N1CCN(C(=O)[C@@H]2C[C@@H]2c2ccc(F)cc2)CC1. The van der Waals surface area contributed by atoms with Crippen LogP contribution in [0, 0.1) is 11.7 Å². The van der Waals surface area contributed by atoms with Gasteiger partial charge in [0.05, 0.1) is 0 Å². The van der Waals surface area contributed by atoms with Crippen LogP contribution in [-0.2, 0) is 9.59 Å². The highest BCUT2D eigenvalue weighted by molar-refractivity contribution is 7.10. The van der Waals surface area contributed by atoms with Crippen LogP contribution < -0.4 is 0 Å². The zero-order chi connectivity index (χ0) is 18.8. The summed E-state index contributed by atoms with van der Waals surface area (Å²) in [6.07, 6.45) is 4.27. The molecule has 6 heteroatoms. The van der Waals surface area contributed by atoms with E-state index in [-0.39, 0.29) is 29.5 Å². The van der Waals surface area contributed by atoms with Crippen LogP contribution in [0.3, 0.4) is 0 Å². The first kappa shape index (κ1) is 17.9. The van der Waals surface area contributed by atoms with Gasteiger partial charge in [0.15, 0.2) is 0 Å². The largest absolute Gasteiger partial charge is 0.339 e. The number of halogens is 1. The molecule has 2 aromatic rings. The lowest BCUT2D eigenvalue weighted by Crippen LogP contribution is -2.50. The van der Waals surface area contributed by atoms with Gasteiger partial charge in [-0.3, -0.25) is 9.59 Å². The smallest absolute Gasteiger partial charge is 0.246 e. The van der Waals surface area contributed by atoms with Crippen molar-refractivity contribution < 1.29 is 14.0 Å². The first-order valence-electron chi connectivity index (χ1n) is 9.16. The molecule has 27 heavy (non-hydrogen) atoms. The highest BCUT2D eigenvalue weighted by atomic mass is 32.1. The number of hydrogen-bond acceptors (Lipinski definition) is 3. The average molecular weight is 384 g/mol. The molecule has 1 aliphatic heterocycles. The Balaban J connectivity index is 1.27. The van der Waals surface area contributed by atoms with Gasteiger partial charge in [-0.15, -0.1) is 11.3 Å². The average Bonchev–Trinajstić information content (AvgIpc) is 3.32. The zero-order valence-electron chi connectivity index (χ0n) is 14.9. The molecule has 0 radical (unpaired) electrons. The molecule has 4 rings (SSSR count). The molecule has 2 fully saturated rings. The van der Waals surface area contributed by atoms with Gasteiger partial charge in [-0.05, 0) is 47.6 Å². The normalized spacial score (nSPS) is 22.3. The molecule has 0 unspecified atom stereocenters. The fourth-order valence-electron chi connectivity index (χ4n) is 3.57. The fraction of sp³-hybridized carbons (Fsp3) is 0.333. The van der Waals surface area contributed by atoms with Gasteiger partial charge in [-0.1, -0.05) is 18.2 Å². The fourth-order valence-corrected chi connectivity index (χ4v) is 4.19. The van der Waals surface area contributed by atoms with Gasteiger partial charge in [0.25, 0.3) is 0 Å². The van der Waals surface area contributed by atoms with Crippen molar-refractivity contribution >= 4 is 29.2 Å². The number of hydrogen-bond donors (Lipinski definition) is 0. The summed E-state index contributed by atoms with van der Waals surface area (Å²) in [6, 6.07) is 10.4. The van der Waals surface area contributed by atoms with Crippen molar-refractivity contribution in [3.05, 3.63) is 64.1 Å². The number of thiophene rings is 1. The Labute approximate surface area is 161 Å². The van der Waals surface area contributed by atoms with E-state index in [1.807, 2.05) is 28.5 Å². The highest BCUT2D eigenvalue weighted by Gasteiger charge is 2.46. The van der Waals surface area contributed by atoms with Crippen LogP contribution in [0.25, 0.3) is 6.08 Å². The standard InChI is InChI=1S/C21H21FN2O2S/c22-16-5-3-15(4-6-16)18-14-19(18)21(26)24-11-9-23(10-12-24)20(25)8-7-17-2-1-13-27-17/h1-8,13,18-19H,9-12,14H2/b8-7+/t18-,19-/m1/s1. The van der Waals surface area contributed by atoms with Gasteiger partial charge in [0, 0.05) is 43.1 Å². The van der Waals surface area contributed by atoms with E-state index in [4.69, 9.17) is 0 Å². The van der Waals surface area contributed by atoms with Gasteiger partial charge in [0.2, 0.25) is 11.8 Å². The lowest BCUT2D eigenvalue weighted by molar-refractivity contribution is -0.138. The van der Waals surface area contributed by atoms with Crippen molar-refractivity contribution in [1.82, 2.24) is 9.80 Å². The first-order valence-corrected chi connectivity index (χ1v) is 10.0.